The van der Waals surface area contributed by atoms with Gasteiger partial charge in [0.05, 0.1) is 18.8 Å². The molecule has 2 rings (SSSR count). The molecule has 1 unspecified atom stereocenters. The van der Waals surface area contributed by atoms with E-state index in [1.165, 1.54) is 0 Å². The molecule has 0 aliphatic carbocycles. The molecule has 4 nitrogen and oxygen atoms in total. The number of ketones is 1. The quantitative estimate of drug-likeness (QED) is 0.748. The Balaban J connectivity index is 2.11. The maximum Gasteiger partial charge on any atom is 0.196 e. The minimum Gasteiger partial charge on any atom is -0.493 e. The molecule has 1 aromatic carbocycles. The van der Waals surface area contributed by atoms with Crippen LogP contribution in [0, 0.1) is 0 Å². The molecule has 0 spiro atoms. The first-order chi connectivity index (χ1) is 9.76. The Hall–Kier alpha value is -1.39. The van der Waals surface area contributed by atoms with Crippen molar-refractivity contribution in [2.24, 2.45) is 0 Å². The summed E-state index contributed by atoms with van der Waals surface area (Å²) in [6.45, 7) is 7.89. The highest BCUT2D eigenvalue weighted by molar-refractivity contribution is 6.02. The third-order valence-corrected chi connectivity index (χ3v) is 3.50. The molecular formula is C16H23NO3. The van der Waals surface area contributed by atoms with Crippen molar-refractivity contribution in [3.63, 3.8) is 0 Å². The van der Waals surface area contributed by atoms with Gasteiger partial charge in [0.2, 0.25) is 0 Å². The average Bonchev–Trinajstić information content (AvgIpc) is 2.52. The molecule has 1 fully saturated rings. The first-order valence-corrected chi connectivity index (χ1v) is 7.36. The molecule has 1 aliphatic rings. The monoisotopic (exact) mass is 277 g/mol. The molecule has 110 valence electrons. The molecule has 4 heteroatoms. The van der Waals surface area contributed by atoms with Gasteiger partial charge in [0.1, 0.15) is 11.9 Å². The zero-order valence-corrected chi connectivity index (χ0v) is 12.3. The van der Waals surface area contributed by atoms with Gasteiger partial charge in [0.15, 0.2) is 5.78 Å². The number of carbonyl (C=O) groups excluding carboxylic acids is 1. The minimum absolute atomic E-state index is 0.0230. The summed E-state index contributed by atoms with van der Waals surface area (Å²) >= 11 is 0. The zero-order valence-electron chi connectivity index (χ0n) is 12.3. The Kier molecular flexibility index (Phi) is 5.56. The van der Waals surface area contributed by atoms with Gasteiger partial charge in [0, 0.05) is 13.1 Å². The molecular weight excluding hydrogens is 254 g/mol. The van der Waals surface area contributed by atoms with Crippen LogP contribution in [0.1, 0.15) is 30.6 Å². The summed E-state index contributed by atoms with van der Waals surface area (Å²) in [5, 5.41) is 0. The smallest absolute Gasteiger partial charge is 0.196 e. The normalized spacial score (nSPS) is 19.8. The van der Waals surface area contributed by atoms with Gasteiger partial charge in [-0.05, 0) is 25.1 Å². The summed E-state index contributed by atoms with van der Waals surface area (Å²) < 4.78 is 11.3. The van der Waals surface area contributed by atoms with E-state index in [1.54, 1.807) is 0 Å². The van der Waals surface area contributed by atoms with E-state index in [2.05, 4.69) is 11.8 Å². The fraction of sp³-hybridized carbons (Fsp3) is 0.562. The maximum atomic E-state index is 12.6. The number of carbonyl (C=O) groups is 1. The largest absolute Gasteiger partial charge is 0.493 e. The van der Waals surface area contributed by atoms with Crippen LogP contribution in [0.3, 0.4) is 0 Å². The summed E-state index contributed by atoms with van der Waals surface area (Å²) in [7, 11) is 0. The number of morpholine rings is 1. The first kappa shape index (κ1) is 15.0. The van der Waals surface area contributed by atoms with E-state index in [-0.39, 0.29) is 11.9 Å². The minimum atomic E-state index is -0.380. The molecule has 20 heavy (non-hydrogen) atoms. The molecule has 0 amide bonds. The van der Waals surface area contributed by atoms with Crippen molar-refractivity contribution in [2.45, 2.75) is 26.4 Å². The summed E-state index contributed by atoms with van der Waals surface area (Å²) in [6.07, 6.45) is 0.543. The van der Waals surface area contributed by atoms with E-state index in [9.17, 15) is 4.79 Å². The van der Waals surface area contributed by atoms with Crippen LogP contribution in [0.5, 0.6) is 5.75 Å². The highest BCUT2D eigenvalue weighted by Gasteiger charge is 2.28. The first-order valence-electron chi connectivity index (χ1n) is 7.36. The lowest BCUT2D eigenvalue weighted by molar-refractivity contribution is -0.0150. The predicted molar refractivity (Wildman–Crippen MR) is 78.4 cm³/mol. The van der Waals surface area contributed by atoms with Crippen LogP contribution < -0.4 is 4.74 Å². The van der Waals surface area contributed by atoms with Gasteiger partial charge in [0.25, 0.3) is 0 Å². The standard InChI is InChI=1S/C16H23NO3/c1-3-10-19-14-8-6-5-7-13(14)16(18)15-12-17(4-2)9-11-20-15/h5-8,15H,3-4,9-12H2,1-2H3. The van der Waals surface area contributed by atoms with Crippen LogP contribution in [0.4, 0.5) is 0 Å². The second-order valence-electron chi connectivity index (χ2n) is 4.96. The number of benzene rings is 1. The molecule has 1 aliphatic heterocycles. The Morgan fingerprint density at radius 3 is 2.95 bits per heavy atom. The van der Waals surface area contributed by atoms with Crippen molar-refractivity contribution in [1.82, 2.24) is 4.90 Å². The van der Waals surface area contributed by atoms with Crippen molar-refractivity contribution >= 4 is 5.78 Å². The summed E-state index contributed by atoms with van der Waals surface area (Å²) in [5.74, 6) is 0.687. The zero-order chi connectivity index (χ0) is 14.4. The number of rotatable bonds is 6. The molecule has 1 aromatic rings. The average molecular weight is 277 g/mol. The van der Waals surface area contributed by atoms with Gasteiger partial charge in [-0.3, -0.25) is 9.69 Å². The van der Waals surface area contributed by atoms with Crippen LogP contribution in [-0.2, 0) is 4.74 Å². The van der Waals surface area contributed by atoms with Crippen LogP contribution in [0.15, 0.2) is 24.3 Å². The maximum absolute atomic E-state index is 12.6. The number of likely N-dealkylation sites (N-methyl/N-ethyl adjacent to an activating group) is 1. The fourth-order valence-corrected chi connectivity index (χ4v) is 2.33. The van der Waals surface area contributed by atoms with Crippen molar-refractivity contribution in [3.05, 3.63) is 29.8 Å². The Morgan fingerprint density at radius 1 is 1.40 bits per heavy atom. The molecule has 0 radical (unpaired) electrons. The van der Waals surface area contributed by atoms with E-state index in [1.807, 2.05) is 31.2 Å². The lowest BCUT2D eigenvalue weighted by Gasteiger charge is -2.31. The summed E-state index contributed by atoms with van der Waals surface area (Å²) in [4.78, 5) is 14.9. The van der Waals surface area contributed by atoms with Gasteiger partial charge in [-0.25, -0.2) is 0 Å². The van der Waals surface area contributed by atoms with E-state index in [4.69, 9.17) is 9.47 Å². The number of para-hydroxylation sites is 1. The molecule has 0 aromatic heterocycles. The third-order valence-electron chi connectivity index (χ3n) is 3.50. The van der Waals surface area contributed by atoms with Crippen LogP contribution >= 0.6 is 0 Å². The molecule has 0 saturated carbocycles. The third kappa shape index (κ3) is 3.58. The Morgan fingerprint density at radius 2 is 2.20 bits per heavy atom. The van der Waals surface area contributed by atoms with Gasteiger partial charge >= 0.3 is 0 Å². The van der Waals surface area contributed by atoms with Gasteiger partial charge in [-0.1, -0.05) is 26.0 Å². The highest BCUT2D eigenvalue weighted by atomic mass is 16.5. The topological polar surface area (TPSA) is 38.8 Å². The lowest BCUT2D eigenvalue weighted by Crippen LogP contribution is -2.45. The number of hydrogen-bond donors (Lipinski definition) is 0. The second-order valence-corrected chi connectivity index (χ2v) is 4.96. The molecule has 0 bridgehead atoms. The van der Waals surface area contributed by atoms with Crippen LogP contribution in [-0.4, -0.2) is 49.6 Å². The van der Waals surface area contributed by atoms with Crippen molar-refractivity contribution in [3.8, 4) is 5.75 Å². The van der Waals surface area contributed by atoms with Crippen LogP contribution in [0.25, 0.3) is 0 Å². The number of Topliss-reactive ketones (excluding diaryl/α,β-unsaturated/α-hetero) is 1. The van der Waals surface area contributed by atoms with Gasteiger partial charge in [-0.2, -0.15) is 0 Å². The van der Waals surface area contributed by atoms with Crippen molar-refractivity contribution in [1.29, 1.82) is 0 Å². The number of hydrogen-bond acceptors (Lipinski definition) is 4. The summed E-state index contributed by atoms with van der Waals surface area (Å²) in [6, 6.07) is 7.43. The highest BCUT2D eigenvalue weighted by Crippen LogP contribution is 2.22. The van der Waals surface area contributed by atoms with E-state index in [0.717, 1.165) is 19.5 Å². The van der Waals surface area contributed by atoms with Gasteiger partial charge < -0.3 is 9.47 Å². The number of ether oxygens (including phenoxy) is 2. The van der Waals surface area contributed by atoms with Crippen molar-refractivity contribution < 1.29 is 14.3 Å². The molecule has 1 atom stereocenters. The van der Waals surface area contributed by atoms with E-state index < -0.39 is 0 Å². The molecule has 0 N–H and O–H groups in total. The summed E-state index contributed by atoms with van der Waals surface area (Å²) in [5.41, 5.74) is 0.629. The number of nitrogens with zero attached hydrogens (tertiary/aromatic N) is 1. The van der Waals surface area contributed by atoms with E-state index in [0.29, 0.717) is 31.1 Å². The molecule has 1 saturated heterocycles. The second kappa shape index (κ2) is 7.41. The Labute approximate surface area is 120 Å². The molecule has 1 heterocycles. The lowest BCUT2D eigenvalue weighted by atomic mass is 10.0. The van der Waals surface area contributed by atoms with E-state index >= 15 is 0 Å². The predicted octanol–water partition coefficient (Wildman–Crippen LogP) is 2.38. The SMILES string of the molecule is CCCOc1ccccc1C(=O)C1CN(CC)CCO1. The Bertz CT molecular complexity index is 447. The van der Waals surface area contributed by atoms with Crippen LogP contribution in [0.2, 0.25) is 0 Å². The van der Waals surface area contributed by atoms with Gasteiger partial charge in [-0.15, -0.1) is 0 Å². The fourth-order valence-electron chi connectivity index (χ4n) is 2.33. The van der Waals surface area contributed by atoms with Crippen molar-refractivity contribution in [2.75, 3.05) is 32.8 Å².